The van der Waals surface area contributed by atoms with Crippen LogP contribution in [0.15, 0.2) is 78.9 Å². The Bertz CT molecular complexity index is 765. The zero-order chi connectivity index (χ0) is 14.7. The standard InChI is InChI=1S/C18H13NO2/c20-19(21)18-9-5-4-8-17(18)16-12-10-15(11-13-16)14-6-2-1-3-7-14/h1-13H. The van der Waals surface area contributed by atoms with Crippen LogP contribution in [0.5, 0.6) is 0 Å². The van der Waals surface area contributed by atoms with Crippen LogP contribution in [0.2, 0.25) is 0 Å². The van der Waals surface area contributed by atoms with E-state index in [1.165, 1.54) is 6.07 Å². The predicted octanol–water partition coefficient (Wildman–Crippen LogP) is 4.93. The van der Waals surface area contributed by atoms with Crippen molar-refractivity contribution in [1.82, 2.24) is 0 Å². The number of hydrogen-bond donors (Lipinski definition) is 0. The van der Waals surface area contributed by atoms with Gasteiger partial charge in [-0.05, 0) is 22.8 Å². The largest absolute Gasteiger partial charge is 0.277 e. The van der Waals surface area contributed by atoms with Crippen LogP contribution in [0.25, 0.3) is 22.3 Å². The number of nitro groups is 1. The molecule has 0 aliphatic carbocycles. The molecule has 0 bridgehead atoms. The monoisotopic (exact) mass is 275 g/mol. The Labute approximate surface area is 122 Å². The van der Waals surface area contributed by atoms with E-state index < -0.39 is 0 Å². The lowest BCUT2D eigenvalue weighted by Gasteiger charge is -2.05. The first-order valence-electron chi connectivity index (χ1n) is 6.65. The van der Waals surface area contributed by atoms with E-state index in [0.717, 1.165) is 16.7 Å². The SMILES string of the molecule is O=[N+]([O-])c1ccccc1-c1ccc(-c2ccccc2)cc1. The molecule has 0 amide bonds. The lowest BCUT2D eigenvalue weighted by molar-refractivity contribution is -0.384. The van der Waals surface area contributed by atoms with E-state index in [4.69, 9.17) is 0 Å². The molecule has 3 heteroatoms. The van der Waals surface area contributed by atoms with Crippen molar-refractivity contribution in [2.75, 3.05) is 0 Å². The van der Waals surface area contributed by atoms with Crippen molar-refractivity contribution in [1.29, 1.82) is 0 Å². The highest BCUT2D eigenvalue weighted by molar-refractivity contribution is 5.76. The second kappa shape index (κ2) is 5.59. The summed E-state index contributed by atoms with van der Waals surface area (Å²) in [7, 11) is 0. The third-order valence-corrected chi connectivity index (χ3v) is 3.40. The number of nitrogens with zero attached hydrogens (tertiary/aromatic N) is 1. The lowest BCUT2D eigenvalue weighted by atomic mass is 9.99. The normalized spacial score (nSPS) is 10.3. The van der Waals surface area contributed by atoms with E-state index in [1.54, 1.807) is 12.1 Å². The zero-order valence-electron chi connectivity index (χ0n) is 11.3. The summed E-state index contributed by atoms with van der Waals surface area (Å²) in [5.41, 5.74) is 3.85. The molecular weight excluding hydrogens is 262 g/mol. The average molecular weight is 275 g/mol. The summed E-state index contributed by atoms with van der Waals surface area (Å²) in [4.78, 5) is 10.7. The molecule has 0 saturated carbocycles. The van der Waals surface area contributed by atoms with Gasteiger partial charge in [-0.25, -0.2) is 0 Å². The Balaban J connectivity index is 2.01. The molecule has 0 saturated heterocycles. The fourth-order valence-electron chi connectivity index (χ4n) is 2.35. The van der Waals surface area contributed by atoms with Gasteiger partial charge in [0.25, 0.3) is 5.69 Å². The molecule has 0 aromatic heterocycles. The molecular formula is C18H13NO2. The number of nitro benzene ring substituents is 1. The van der Waals surface area contributed by atoms with E-state index >= 15 is 0 Å². The van der Waals surface area contributed by atoms with E-state index in [9.17, 15) is 10.1 Å². The van der Waals surface area contributed by atoms with Gasteiger partial charge in [0.05, 0.1) is 10.5 Å². The van der Waals surface area contributed by atoms with Gasteiger partial charge >= 0.3 is 0 Å². The van der Waals surface area contributed by atoms with Crippen molar-refractivity contribution in [2.24, 2.45) is 0 Å². The van der Waals surface area contributed by atoms with E-state index in [-0.39, 0.29) is 10.6 Å². The molecule has 3 aromatic rings. The summed E-state index contributed by atoms with van der Waals surface area (Å²) >= 11 is 0. The van der Waals surface area contributed by atoms with Crippen molar-refractivity contribution < 1.29 is 4.92 Å². The smallest absolute Gasteiger partial charge is 0.258 e. The molecule has 0 N–H and O–H groups in total. The molecule has 0 spiro atoms. The fourth-order valence-corrected chi connectivity index (χ4v) is 2.35. The Hall–Kier alpha value is -2.94. The number of hydrogen-bond acceptors (Lipinski definition) is 2. The molecule has 3 nitrogen and oxygen atoms in total. The van der Waals surface area contributed by atoms with Crippen LogP contribution in [0.4, 0.5) is 5.69 Å². The average Bonchev–Trinajstić information content (AvgIpc) is 2.56. The summed E-state index contributed by atoms with van der Waals surface area (Å²) in [5, 5.41) is 11.1. The summed E-state index contributed by atoms with van der Waals surface area (Å²) in [6.45, 7) is 0. The predicted molar refractivity (Wildman–Crippen MR) is 84.0 cm³/mol. The minimum atomic E-state index is -0.347. The first kappa shape index (κ1) is 13.1. The molecule has 0 radical (unpaired) electrons. The topological polar surface area (TPSA) is 43.1 Å². The molecule has 0 atom stereocenters. The molecule has 0 fully saturated rings. The highest BCUT2D eigenvalue weighted by Crippen LogP contribution is 2.31. The van der Waals surface area contributed by atoms with Crippen LogP contribution in [0.1, 0.15) is 0 Å². The zero-order valence-corrected chi connectivity index (χ0v) is 11.3. The minimum Gasteiger partial charge on any atom is -0.258 e. The summed E-state index contributed by atoms with van der Waals surface area (Å²) in [5.74, 6) is 0. The summed E-state index contributed by atoms with van der Waals surface area (Å²) in [6, 6.07) is 24.7. The van der Waals surface area contributed by atoms with Crippen LogP contribution in [-0.4, -0.2) is 4.92 Å². The van der Waals surface area contributed by atoms with Gasteiger partial charge in [0.2, 0.25) is 0 Å². The highest BCUT2D eigenvalue weighted by Gasteiger charge is 2.13. The van der Waals surface area contributed by atoms with Gasteiger partial charge in [-0.3, -0.25) is 10.1 Å². The Morgan fingerprint density at radius 3 is 1.81 bits per heavy atom. The third-order valence-electron chi connectivity index (χ3n) is 3.40. The van der Waals surface area contributed by atoms with Crippen molar-refractivity contribution in [3.63, 3.8) is 0 Å². The summed E-state index contributed by atoms with van der Waals surface area (Å²) in [6.07, 6.45) is 0. The Morgan fingerprint density at radius 2 is 1.14 bits per heavy atom. The second-order valence-electron chi connectivity index (χ2n) is 4.72. The van der Waals surface area contributed by atoms with Crippen molar-refractivity contribution in [2.45, 2.75) is 0 Å². The van der Waals surface area contributed by atoms with Gasteiger partial charge in [0.15, 0.2) is 0 Å². The van der Waals surface area contributed by atoms with E-state index in [2.05, 4.69) is 0 Å². The first-order valence-corrected chi connectivity index (χ1v) is 6.65. The molecule has 0 aliphatic heterocycles. The highest BCUT2D eigenvalue weighted by atomic mass is 16.6. The van der Waals surface area contributed by atoms with E-state index in [1.807, 2.05) is 60.7 Å². The molecule has 0 heterocycles. The summed E-state index contributed by atoms with van der Waals surface area (Å²) < 4.78 is 0. The van der Waals surface area contributed by atoms with Crippen LogP contribution in [-0.2, 0) is 0 Å². The number of rotatable bonds is 3. The van der Waals surface area contributed by atoms with E-state index in [0.29, 0.717) is 5.56 Å². The van der Waals surface area contributed by atoms with Crippen LogP contribution >= 0.6 is 0 Å². The quantitative estimate of drug-likeness (QED) is 0.502. The van der Waals surface area contributed by atoms with Gasteiger partial charge in [0, 0.05) is 6.07 Å². The van der Waals surface area contributed by atoms with Crippen molar-refractivity contribution in [3.8, 4) is 22.3 Å². The molecule has 0 unspecified atom stereocenters. The third kappa shape index (κ3) is 2.67. The van der Waals surface area contributed by atoms with Gasteiger partial charge in [-0.1, -0.05) is 66.7 Å². The van der Waals surface area contributed by atoms with Gasteiger partial charge in [0.1, 0.15) is 0 Å². The van der Waals surface area contributed by atoms with Crippen LogP contribution < -0.4 is 0 Å². The van der Waals surface area contributed by atoms with Gasteiger partial charge < -0.3 is 0 Å². The van der Waals surface area contributed by atoms with Crippen molar-refractivity contribution in [3.05, 3.63) is 89.0 Å². The molecule has 102 valence electrons. The molecule has 3 rings (SSSR count). The lowest BCUT2D eigenvalue weighted by Crippen LogP contribution is -1.91. The molecule has 0 aliphatic rings. The Kier molecular flexibility index (Phi) is 3.48. The first-order chi connectivity index (χ1) is 10.3. The second-order valence-corrected chi connectivity index (χ2v) is 4.72. The molecule has 21 heavy (non-hydrogen) atoms. The van der Waals surface area contributed by atoms with Crippen LogP contribution in [0.3, 0.4) is 0 Å². The maximum atomic E-state index is 11.1. The maximum Gasteiger partial charge on any atom is 0.277 e. The fraction of sp³-hybridized carbons (Fsp3) is 0. The van der Waals surface area contributed by atoms with Gasteiger partial charge in [-0.2, -0.15) is 0 Å². The van der Waals surface area contributed by atoms with Crippen molar-refractivity contribution >= 4 is 5.69 Å². The number of para-hydroxylation sites is 1. The Morgan fingerprint density at radius 1 is 0.619 bits per heavy atom. The van der Waals surface area contributed by atoms with Crippen LogP contribution in [0, 0.1) is 10.1 Å². The molecule has 3 aromatic carbocycles. The maximum absolute atomic E-state index is 11.1. The van der Waals surface area contributed by atoms with Gasteiger partial charge in [-0.15, -0.1) is 0 Å². The minimum absolute atomic E-state index is 0.130. The number of benzene rings is 3.